The summed E-state index contributed by atoms with van der Waals surface area (Å²) in [6.07, 6.45) is 35.0. The van der Waals surface area contributed by atoms with Gasteiger partial charge in [0, 0.05) is 13.2 Å². The Kier molecular flexibility index (Phi) is 36.3. The molecule has 0 amide bonds. The maximum Gasteiger partial charge on any atom is 0.0431 e. The molecule has 0 aliphatic rings. The maximum absolute atomic E-state index is 8.66. The van der Waals surface area contributed by atoms with Gasteiger partial charge in [0.05, 0.1) is 0 Å². The first-order valence-corrected chi connectivity index (χ1v) is 14.2. The highest BCUT2D eigenvalue weighted by molar-refractivity contribution is 4.81. The van der Waals surface area contributed by atoms with Crippen LogP contribution in [0.2, 0.25) is 0 Å². The average Bonchev–Trinajstić information content (AvgIpc) is 2.79. The lowest BCUT2D eigenvalue weighted by Gasteiger charge is -1.99. The van der Waals surface area contributed by atoms with Crippen LogP contribution in [-0.2, 0) is 0 Å². The van der Waals surface area contributed by atoms with Gasteiger partial charge in [-0.05, 0) is 38.5 Å². The van der Waals surface area contributed by atoms with E-state index < -0.39 is 0 Å². The molecule has 2 nitrogen and oxygen atoms in total. The molecule has 2 heteroatoms. The van der Waals surface area contributed by atoms with Gasteiger partial charge in [0.2, 0.25) is 0 Å². The first kappa shape index (κ1) is 32.8. The maximum atomic E-state index is 8.66. The fourth-order valence-electron chi connectivity index (χ4n) is 3.78. The summed E-state index contributed by atoms with van der Waals surface area (Å²) in [5.74, 6) is 0. The van der Waals surface area contributed by atoms with Crippen molar-refractivity contribution >= 4 is 0 Å². The number of unbranched alkanes of at least 4 members (excludes halogenated alkanes) is 20. The molecule has 0 rings (SSSR count). The zero-order valence-corrected chi connectivity index (χ0v) is 21.7. The van der Waals surface area contributed by atoms with Crippen molar-refractivity contribution in [3.05, 3.63) is 12.2 Å². The van der Waals surface area contributed by atoms with Crippen LogP contribution in [0.25, 0.3) is 0 Å². The molecule has 0 aliphatic heterocycles. The Hall–Kier alpha value is -0.340. The van der Waals surface area contributed by atoms with Crippen LogP contribution in [0.1, 0.15) is 162 Å². The highest BCUT2D eigenvalue weighted by Gasteiger charge is 1.91. The number of aliphatic hydroxyl groups excluding tert-OH is 2. The van der Waals surface area contributed by atoms with Crippen molar-refractivity contribution in [1.82, 2.24) is 0 Å². The van der Waals surface area contributed by atoms with E-state index in [-0.39, 0.29) is 0 Å². The fourth-order valence-corrected chi connectivity index (χ4v) is 3.78. The van der Waals surface area contributed by atoms with E-state index in [0.717, 1.165) is 12.8 Å². The standard InChI is InChI=1S/C18H36O.C11H24O/c1-2-3-4-5-6-7-8-9-10-11-12-13-14-15-16-17-18-19;1-2-3-4-5-6-7-8-9-10-11-12/h9-10,19H,2-8,11-18H2,1H3;12H,2-11H2,1H3/b10-9-;. The molecule has 0 heterocycles. The summed E-state index contributed by atoms with van der Waals surface area (Å²) in [5.41, 5.74) is 0. The lowest BCUT2D eigenvalue weighted by atomic mass is 10.1. The number of hydrogen-bond acceptors (Lipinski definition) is 2. The molecule has 0 spiro atoms. The molecule has 0 bridgehead atoms. The Balaban J connectivity index is 0. The molecule has 0 aliphatic carbocycles. The minimum atomic E-state index is 0.362. The van der Waals surface area contributed by atoms with Crippen molar-refractivity contribution in [2.75, 3.05) is 13.2 Å². The van der Waals surface area contributed by atoms with Gasteiger partial charge in [-0.2, -0.15) is 0 Å². The lowest BCUT2D eigenvalue weighted by Crippen LogP contribution is -1.84. The van der Waals surface area contributed by atoms with Crippen LogP contribution in [0.4, 0.5) is 0 Å². The topological polar surface area (TPSA) is 40.5 Å². The SMILES string of the molecule is CCCCCCCC/C=C\CCCCCCCCO.CCCCCCCCCCCO. The van der Waals surface area contributed by atoms with Crippen LogP contribution >= 0.6 is 0 Å². The van der Waals surface area contributed by atoms with E-state index in [2.05, 4.69) is 26.0 Å². The highest BCUT2D eigenvalue weighted by Crippen LogP contribution is 2.10. The molecule has 0 fully saturated rings. The zero-order valence-electron chi connectivity index (χ0n) is 21.7. The fraction of sp³-hybridized carbons (Fsp3) is 0.931. The molecular formula is C29H60O2. The second kappa shape index (κ2) is 34.3. The largest absolute Gasteiger partial charge is 0.396 e. The van der Waals surface area contributed by atoms with Crippen LogP contribution in [0, 0.1) is 0 Å². The summed E-state index contributed by atoms with van der Waals surface area (Å²) >= 11 is 0. The van der Waals surface area contributed by atoms with Gasteiger partial charge in [-0.15, -0.1) is 0 Å². The molecule has 31 heavy (non-hydrogen) atoms. The van der Waals surface area contributed by atoms with Crippen molar-refractivity contribution in [2.24, 2.45) is 0 Å². The number of allylic oxidation sites excluding steroid dienone is 2. The highest BCUT2D eigenvalue weighted by atomic mass is 16.3. The van der Waals surface area contributed by atoms with Crippen LogP contribution in [0.5, 0.6) is 0 Å². The van der Waals surface area contributed by atoms with Crippen molar-refractivity contribution in [3.8, 4) is 0 Å². The second-order valence-corrected chi connectivity index (χ2v) is 9.21. The Morgan fingerprint density at radius 3 is 0.903 bits per heavy atom. The Labute approximate surface area is 197 Å². The van der Waals surface area contributed by atoms with E-state index in [0.29, 0.717) is 13.2 Å². The minimum absolute atomic E-state index is 0.362. The molecule has 188 valence electrons. The number of aliphatic hydroxyl groups is 2. The quantitative estimate of drug-likeness (QED) is 0.116. The first-order chi connectivity index (χ1) is 15.3. The third-order valence-corrected chi connectivity index (χ3v) is 5.93. The molecule has 0 aromatic heterocycles. The van der Waals surface area contributed by atoms with Gasteiger partial charge < -0.3 is 10.2 Å². The number of hydrogen-bond donors (Lipinski definition) is 2. The van der Waals surface area contributed by atoms with Crippen LogP contribution in [0.3, 0.4) is 0 Å². The molecular weight excluding hydrogens is 380 g/mol. The van der Waals surface area contributed by atoms with E-state index in [1.807, 2.05) is 0 Å². The van der Waals surface area contributed by atoms with Crippen LogP contribution < -0.4 is 0 Å². The normalized spacial score (nSPS) is 11.1. The van der Waals surface area contributed by atoms with Crippen LogP contribution in [0.15, 0.2) is 12.2 Å². The van der Waals surface area contributed by atoms with E-state index >= 15 is 0 Å². The third kappa shape index (κ3) is 37.3. The molecule has 0 unspecified atom stereocenters. The van der Waals surface area contributed by atoms with Gasteiger partial charge in [0.15, 0.2) is 0 Å². The summed E-state index contributed by atoms with van der Waals surface area (Å²) in [6.45, 7) is 5.26. The smallest absolute Gasteiger partial charge is 0.0431 e. The predicted octanol–water partition coefficient (Wildman–Crippen LogP) is 9.53. The molecule has 0 radical (unpaired) electrons. The molecule has 0 saturated carbocycles. The van der Waals surface area contributed by atoms with Crippen molar-refractivity contribution in [1.29, 1.82) is 0 Å². The van der Waals surface area contributed by atoms with Gasteiger partial charge in [0.1, 0.15) is 0 Å². The molecule has 2 N–H and O–H groups in total. The van der Waals surface area contributed by atoms with Gasteiger partial charge in [0.25, 0.3) is 0 Å². The van der Waals surface area contributed by atoms with E-state index in [1.54, 1.807) is 0 Å². The van der Waals surface area contributed by atoms with Gasteiger partial charge in [-0.3, -0.25) is 0 Å². The van der Waals surface area contributed by atoms with Crippen LogP contribution in [-0.4, -0.2) is 23.4 Å². The summed E-state index contributed by atoms with van der Waals surface area (Å²) in [6, 6.07) is 0. The van der Waals surface area contributed by atoms with Gasteiger partial charge in [-0.25, -0.2) is 0 Å². The average molecular weight is 441 g/mol. The monoisotopic (exact) mass is 440 g/mol. The van der Waals surface area contributed by atoms with Crippen molar-refractivity contribution in [2.45, 2.75) is 162 Å². The van der Waals surface area contributed by atoms with Gasteiger partial charge >= 0.3 is 0 Å². The van der Waals surface area contributed by atoms with E-state index in [4.69, 9.17) is 10.2 Å². The summed E-state index contributed by atoms with van der Waals surface area (Å²) in [4.78, 5) is 0. The Bertz CT molecular complexity index is 291. The van der Waals surface area contributed by atoms with Gasteiger partial charge in [-0.1, -0.05) is 135 Å². The summed E-state index contributed by atoms with van der Waals surface area (Å²) < 4.78 is 0. The molecule has 0 aromatic carbocycles. The predicted molar refractivity (Wildman–Crippen MR) is 141 cm³/mol. The zero-order chi connectivity index (χ0) is 23.1. The van der Waals surface area contributed by atoms with E-state index in [1.165, 1.54) is 135 Å². The van der Waals surface area contributed by atoms with Crippen molar-refractivity contribution in [3.63, 3.8) is 0 Å². The summed E-state index contributed by atoms with van der Waals surface area (Å²) in [7, 11) is 0. The lowest BCUT2D eigenvalue weighted by molar-refractivity contribution is 0.282. The minimum Gasteiger partial charge on any atom is -0.396 e. The molecule has 0 saturated heterocycles. The Morgan fingerprint density at radius 1 is 0.355 bits per heavy atom. The first-order valence-electron chi connectivity index (χ1n) is 14.2. The molecule has 0 atom stereocenters. The summed E-state index contributed by atoms with van der Waals surface area (Å²) in [5, 5.41) is 17.2. The van der Waals surface area contributed by atoms with E-state index in [9.17, 15) is 0 Å². The Morgan fingerprint density at radius 2 is 0.613 bits per heavy atom. The molecule has 0 aromatic rings. The second-order valence-electron chi connectivity index (χ2n) is 9.21. The number of rotatable bonds is 24. The third-order valence-electron chi connectivity index (χ3n) is 5.93. The van der Waals surface area contributed by atoms with Crippen molar-refractivity contribution < 1.29 is 10.2 Å².